The van der Waals surface area contributed by atoms with Crippen LogP contribution in [0.1, 0.15) is 12.5 Å². The molecule has 1 heterocycles. The topological polar surface area (TPSA) is 70.7 Å². The number of benzene rings is 1. The number of ether oxygens (including phenoxy) is 1. The van der Waals surface area contributed by atoms with Crippen LogP contribution < -0.4 is 10.6 Å². The number of carbonyl (C=O) groups excluding carboxylic acids is 2. The smallest absolute Gasteiger partial charge is 0.242 e. The van der Waals surface area contributed by atoms with Crippen LogP contribution in [0.15, 0.2) is 30.3 Å². The van der Waals surface area contributed by atoms with Crippen molar-refractivity contribution in [3.63, 3.8) is 0 Å². The highest BCUT2D eigenvalue weighted by molar-refractivity contribution is 5.87. The third kappa shape index (κ3) is 4.54. The molecule has 22 heavy (non-hydrogen) atoms. The van der Waals surface area contributed by atoms with Crippen molar-refractivity contribution < 1.29 is 14.3 Å². The standard InChI is InChI=1S/C16H23N3O3/c1-12-15(17-8-9-22-12)16(21)18-10-14(20)19(2)11-13-6-4-3-5-7-13/h3-7,12,15,17H,8-11H2,1-2H3,(H,18,21)/t12-,15+/m1/s1. The van der Waals surface area contributed by atoms with Crippen molar-refractivity contribution in [3.8, 4) is 0 Å². The van der Waals surface area contributed by atoms with Crippen molar-refractivity contribution >= 4 is 11.8 Å². The molecule has 0 bridgehead atoms. The lowest BCUT2D eigenvalue weighted by Gasteiger charge is -2.29. The third-order valence-electron chi connectivity index (χ3n) is 3.70. The van der Waals surface area contributed by atoms with E-state index >= 15 is 0 Å². The molecule has 6 heteroatoms. The van der Waals surface area contributed by atoms with Gasteiger partial charge in [0, 0.05) is 20.1 Å². The molecule has 120 valence electrons. The van der Waals surface area contributed by atoms with E-state index < -0.39 is 6.04 Å². The van der Waals surface area contributed by atoms with Crippen LogP contribution in [0.4, 0.5) is 0 Å². The monoisotopic (exact) mass is 305 g/mol. The second-order valence-corrected chi connectivity index (χ2v) is 5.46. The van der Waals surface area contributed by atoms with Crippen LogP contribution in [-0.2, 0) is 20.9 Å². The molecule has 2 rings (SSSR count). The van der Waals surface area contributed by atoms with Gasteiger partial charge in [0.25, 0.3) is 0 Å². The largest absolute Gasteiger partial charge is 0.375 e. The van der Waals surface area contributed by atoms with Gasteiger partial charge in [0.15, 0.2) is 0 Å². The Balaban J connectivity index is 1.78. The van der Waals surface area contributed by atoms with Gasteiger partial charge in [-0.3, -0.25) is 9.59 Å². The van der Waals surface area contributed by atoms with E-state index in [1.807, 2.05) is 37.3 Å². The van der Waals surface area contributed by atoms with E-state index in [9.17, 15) is 9.59 Å². The summed E-state index contributed by atoms with van der Waals surface area (Å²) in [5, 5.41) is 5.78. The number of amides is 2. The van der Waals surface area contributed by atoms with Crippen LogP contribution in [0.25, 0.3) is 0 Å². The quantitative estimate of drug-likeness (QED) is 0.812. The first-order valence-electron chi connectivity index (χ1n) is 7.48. The minimum atomic E-state index is -0.402. The Labute approximate surface area is 130 Å². The SMILES string of the molecule is C[C@H]1OCCN[C@@H]1C(=O)NCC(=O)N(C)Cc1ccccc1. The van der Waals surface area contributed by atoms with Gasteiger partial charge in [0.05, 0.1) is 19.3 Å². The Bertz CT molecular complexity index is 507. The number of hydrogen-bond donors (Lipinski definition) is 2. The van der Waals surface area contributed by atoms with Gasteiger partial charge >= 0.3 is 0 Å². The first kappa shape index (κ1) is 16.5. The second kappa shape index (κ2) is 7.91. The maximum Gasteiger partial charge on any atom is 0.242 e. The number of nitrogens with one attached hydrogen (secondary N) is 2. The van der Waals surface area contributed by atoms with Crippen LogP contribution in [0, 0.1) is 0 Å². The molecule has 1 aromatic carbocycles. The van der Waals surface area contributed by atoms with Crippen LogP contribution in [0.3, 0.4) is 0 Å². The maximum atomic E-state index is 12.1. The summed E-state index contributed by atoms with van der Waals surface area (Å²) >= 11 is 0. The lowest BCUT2D eigenvalue weighted by Crippen LogP contribution is -2.56. The number of hydrogen-bond acceptors (Lipinski definition) is 4. The van der Waals surface area contributed by atoms with Crippen LogP contribution in [0.2, 0.25) is 0 Å². The molecule has 1 saturated heterocycles. The first-order chi connectivity index (χ1) is 10.6. The normalized spacial score (nSPS) is 21.2. The summed E-state index contributed by atoms with van der Waals surface area (Å²) in [5.41, 5.74) is 1.06. The first-order valence-corrected chi connectivity index (χ1v) is 7.48. The number of carbonyl (C=O) groups is 2. The molecule has 1 aliphatic heterocycles. The van der Waals surface area contributed by atoms with Gasteiger partial charge in [-0.25, -0.2) is 0 Å². The number of rotatable bonds is 5. The average Bonchev–Trinajstić information content (AvgIpc) is 2.53. The highest BCUT2D eigenvalue weighted by Gasteiger charge is 2.28. The van der Waals surface area contributed by atoms with Crippen LogP contribution in [0.5, 0.6) is 0 Å². The van der Waals surface area contributed by atoms with Crippen molar-refractivity contribution in [2.24, 2.45) is 0 Å². The Kier molecular flexibility index (Phi) is 5.91. The van der Waals surface area contributed by atoms with E-state index in [1.54, 1.807) is 11.9 Å². The second-order valence-electron chi connectivity index (χ2n) is 5.46. The van der Waals surface area contributed by atoms with Crippen molar-refractivity contribution in [1.29, 1.82) is 0 Å². The lowest BCUT2D eigenvalue weighted by molar-refractivity contribution is -0.135. The van der Waals surface area contributed by atoms with Crippen molar-refractivity contribution in [3.05, 3.63) is 35.9 Å². The third-order valence-corrected chi connectivity index (χ3v) is 3.70. The molecule has 2 N–H and O–H groups in total. The van der Waals surface area contributed by atoms with Gasteiger partial charge in [-0.2, -0.15) is 0 Å². The van der Waals surface area contributed by atoms with Crippen molar-refractivity contribution in [1.82, 2.24) is 15.5 Å². The van der Waals surface area contributed by atoms with Crippen LogP contribution >= 0.6 is 0 Å². The summed E-state index contributed by atoms with van der Waals surface area (Å²) in [4.78, 5) is 25.7. The molecule has 0 saturated carbocycles. The Morgan fingerprint density at radius 1 is 1.36 bits per heavy atom. The molecule has 2 atom stereocenters. The minimum Gasteiger partial charge on any atom is -0.375 e. The highest BCUT2D eigenvalue weighted by Crippen LogP contribution is 2.04. The Hall–Kier alpha value is -1.92. The Morgan fingerprint density at radius 2 is 2.09 bits per heavy atom. The molecule has 0 aliphatic carbocycles. The maximum absolute atomic E-state index is 12.1. The van der Waals surface area contributed by atoms with E-state index in [0.29, 0.717) is 19.7 Å². The summed E-state index contributed by atoms with van der Waals surface area (Å²) in [6.07, 6.45) is -0.189. The zero-order valence-electron chi connectivity index (χ0n) is 13.0. The molecule has 6 nitrogen and oxygen atoms in total. The fraction of sp³-hybridized carbons (Fsp3) is 0.500. The fourth-order valence-electron chi connectivity index (χ4n) is 2.38. The molecule has 1 aliphatic rings. The van der Waals surface area contributed by atoms with E-state index in [1.165, 1.54) is 0 Å². The van der Waals surface area contributed by atoms with Gasteiger partial charge < -0.3 is 20.3 Å². The van der Waals surface area contributed by atoms with E-state index in [4.69, 9.17) is 4.74 Å². The van der Waals surface area contributed by atoms with E-state index in [0.717, 1.165) is 5.56 Å². The average molecular weight is 305 g/mol. The molecule has 1 aromatic rings. The summed E-state index contributed by atoms with van der Waals surface area (Å²) in [7, 11) is 1.73. The van der Waals surface area contributed by atoms with Gasteiger partial charge in [-0.15, -0.1) is 0 Å². The van der Waals surface area contributed by atoms with Gasteiger partial charge in [0.2, 0.25) is 11.8 Å². The zero-order chi connectivity index (χ0) is 15.9. The molecular weight excluding hydrogens is 282 g/mol. The summed E-state index contributed by atoms with van der Waals surface area (Å²) < 4.78 is 5.43. The van der Waals surface area contributed by atoms with Gasteiger partial charge in [-0.1, -0.05) is 30.3 Å². The van der Waals surface area contributed by atoms with Crippen molar-refractivity contribution in [2.75, 3.05) is 26.7 Å². The minimum absolute atomic E-state index is 0.00688. The molecule has 0 aromatic heterocycles. The molecule has 0 radical (unpaired) electrons. The number of nitrogens with zero attached hydrogens (tertiary/aromatic N) is 1. The van der Waals surface area contributed by atoms with Crippen molar-refractivity contribution in [2.45, 2.75) is 25.6 Å². The lowest BCUT2D eigenvalue weighted by atomic mass is 10.1. The van der Waals surface area contributed by atoms with Gasteiger partial charge in [-0.05, 0) is 12.5 Å². The van der Waals surface area contributed by atoms with Gasteiger partial charge in [0.1, 0.15) is 6.04 Å². The zero-order valence-corrected chi connectivity index (χ0v) is 13.0. The molecule has 0 unspecified atom stereocenters. The predicted molar refractivity (Wildman–Crippen MR) is 83.1 cm³/mol. The Morgan fingerprint density at radius 3 is 2.77 bits per heavy atom. The molecule has 1 fully saturated rings. The molecule has 0 spiro atoms. The number of likely N-dealkylation sites (N-methyl/N-ethyl adjacent to an activating group) is 1. The summed E-state index contributed by atoms with van der Waals surface area (Å²) in [5.74, 6) is -0.324. The summed E-state index contributed by atoms with van der Waals surface area (Å²) in [6, 6.07) is 9.34. The van der Waals surface area contributed by atoms with Crippen LogP contribution in [-0.4, -0.2) is 55.6 Å². The van der Waals surface area contributed by atoms with E-state index in [-0.39, 0.29) is 24.5 Å². The number of morpholine rings is 1. The predicted octanol–water partition coefficient (Wildman–Crippen LogP) is 0.138. The molecule has 2 amide bonds. The summed E-state index contributed by atoms with van der Waals surface area (Å²) in [6.45, 7) is 3.61. The molecular formula is C16H23N3O3. The highest BCUT2D eigenvalue weighted by atomic mass is 16.5. The fourth-order valence-corrected chi connectivity index (χ4v) is 2.38. The van der Waals surface area contributed by atoms with E-state index in [2.05, 4.69) is 10.6 Å².